The third-order valence-electron chi connectivity index (χ3n) is 5.20. The largest absolute Gasteiger partial charge is 0.366 e. The number of imidazole rings is 1. The lowest BCUT2D eigenvalue weighted by molar-refractivity contribution is 0.1000. The Morgan fingerprint density at radius 1 is 1.25 bits per heavy atom. The summed E-state index contributed by atoms with van der Waals surface area (Å²) in [5.41, 5.74) is 11.2. The Morgan fingerprint density at radius 3 is 2.68 bits per heavy atom. The Hall–Kier alpha value is -2.53. The van der Waals surface area contributed by atoms with E-state index < -0.39 is 5.91 Å². The second-order valence-electron chi connectivity index (χ2n) is 7.06. The average Bonchev–Trinajstić information content (AvgIpc) is 3.27. The molecule has 5 nitrogen and oxygen atoms in total. The molecular weight excluding hydrogens is 372 g/mol. The monoisotopic (exact) mass is 398 g/mol. The highest BCUT2D eigenvalue weighted by atomic mass is 35.5. The number of H-pyrrole nitrogens is 1. The zero-order valence-electron chi connectivity index (χ0n) is 16.5. The zero-order valence-corrected chi connectivity index (χ0v) is 17.2. The molecule has 0 spiro atoms. The molecule has 0 atom stereocenters. The summed E-state index contributed by atoms with van der Waals surface area (Å²) in [7, 11) is 0. The van der Waals surface area contributed by atoms with E-state index in [2.05, 4.69) is 21.5 Å². The second-order valence-corrected chi connectivity index (χ2v) is 7.47. The molecule has 148 valence electrons. The summed E-state index contributed by atoms with van der Waals surface area (Å²) in [6, 6.07) is 7.66. The molecule has 3 rings (SSSR count). The first-order chi connectivity index (χ1) is 13.5. The molecule has 0 fully saturated rings. The number of amides is 1. The van der Waals surface area contributed by atoms with Gasteiger partial charge in [0.1, 0.15) is 0 Å². The molecule has 0 saturated carbocycles. The molecule has 6 heteroatoms. The number of benzene rings is 1. The van der Waals surface area contributed by atoms with Crippen LogP contribution in [0.3, 0.4) is 0 Å². The minimum atomic E-state index is -0.413. The molecule has 2 heterocycles. The number of rotatable bonds is 9. The smallest absolute Gasteiger partial charge is 0.251 e. The van der Waals surface area contributed by atoms with Gasteiger partial charge in [-0.2, -0.15) is 0 Å². The van der Waals surface area contributed by atoms with Gasteiger partial charge in [0.15, 0.2) is 0 Å². The van der Waals surface area contributed by atoms with Crippen LogP contribution < -0.4 is 5.73 Å². The fourth-order valence-corrected chi connectivity index (χ4v) is 4.04. The van der Waals surface area contributed by atoms with Gasteiger partial charge in [-0.3, -0.25) is 4.79 Å². The summed E-state index contributed by atoms with van der Waals surface area (Å²) in [4.78, 5) is 19.6. The zero-order chi connectivity index (χ0) is 20.1. The maximum atomic E-state index is 12.4. The van der Waals surface area contributed by atoms with E-state index in [0.29, 0.717) is 10.6 Å². The predicted molar refractivity (Wildman–Crippen MR) is 114 cm³/mol. The first kappa shape index (κ1) is 20.2. The number of aromatic nitrogens is 3. The van der Waals surface area contributed by atoms with Gasteiger partial charge in [0.05, 0.1) is 11.9 Å². The van der Waals surface area contributed by atoms with Crippen molar-refractivity contribution >= 4 is 17.5 Å². The van der Waals surface area contributed by atoms with Crippen molar-refractivity contribution in [2.24, 2.45) is 5.73 Å². The number of carbonyl (C=O) groups is 1. The van der Waals surface area contributed by atoms with Crippen LogP contribution in [0.4, 0.5) is 0 Å². The van der Waals surface area contributed by atoms with Crippen LogP contribution in [-0.4, -0.2) is 20.4 Å². The second kappa shape index (κ2) is 9.11. The molecule has 0 bridgehead atoms. The van der Waals surface area contributed by atoms with Crippen LogP contribution in [-0.2, 0) is 19.4 Å². The molecule has 1 aromatic carbocycles. The molecule has 0 radical (unpaired) electrons. The van der Waals surface area contributed by atoms with Gasteiger partial charge in [0.2, 0.25) is 0 Å². The van der Waals surface area contributed by atoms with Gasteiger partial charge >= 0.3 is 0 Å². The van der Waals surface area contributed by atoms with Crippen LogP contribution in [0, 0.1) is 6.92 Å². The number of hydrogen-bond donors (Lipinski definition) is 2. The number of carbonyl (C=O) groups excluding carboxylic acids is 1. The molecule has 0 saturated heterocycles. The SMILES string of the molecule is CCCCCc1c(-c2ccccc2Cl)c(C(N)=O)c(C)n1CCc1cnc[nH]1. The summed E-state index contributed by atoms with van der Waals surface area (Å²) < 4.78 is 2.23. The van der Waals surface area contributed by atoms with Crippen LogP contribution >= 0.6 is 11.6 Å². The number of unbranched alkanes of at least 4 members (excludes halogenated alkanes) is 2. The maximum absolute atomic E-state index is 12.4. The number of aromatic amines is 1. The Balaban J connectivity index is 2.12. The molecule has 0 aliphatic carbocycles. The average molecular weight is 399 g/mol. The quantitative estimate of drug-likeness (QED) is 0.502. The lowest BCUT2D eigenvalue weighted by atomic mass is 9.97. The molecular formula is C22H27ClN4O. The third-order valence-corrected chi connectivity index (χ3v) is 5.53. The molecule has 1 amide bonds. The minimum absolute atomic E-state index is 0.413. The van der Waals surface area contributed by atoms with E-state index >= 15 is 0 Å². The van der Waals surface area contributed by atoms with Crippen molar-refractivity contribution in [3.63, 3.8) is 0 Å². The van der Waals surface area contributed by atoms with E-state index in [4.69, 9.17) is 17.3 Å². The number of hydrogen-bond acceptors (Lipinski definition) is 2. The predicted octanol–water partition coefficient (Wildman–Crippen LogP) is 4.91. The van der Waals surface area contributed by atoms with E-state index in [1.807, 2.05) is 37.4 Å². The van der Waals surface area contributed by atoms with Gasteiger partial charge in [-0.15, -0.1) is 0 Å². The number of primary amides is 1. The van der Waals surface area contributed by atoms with Crippen molar-refractivity contribution in [1.82, 2.24) is 14.5 Å². The van der Waals surface area contributed by atoms with Gasteiger partial charge in [-0.05, 0) is 25.8 Å². The topological polar surface area (TPSA) is 76.7 Å². The van der Waals surface area contributed by atoms with Gasteiger partial charge in [0, 0.05) is 52.4 Å². The molecule has 3 N–H and O–H groups in total. The van der Waals surface area contributed by atoms with Crippen molar-refractivity contribution in [2.45, 2.75) is 52.5 Å². The number of aryl methyl sites for hydroxylation is 1. The molecule has 0 aliphatic rings. The first-order valence-electron chi connectivity index (χ1n) is 9.78. The van der Waals surface area contributed by atoms with E-state index in [9.17, 15) is 4.79 Å². The van der Waals surface area contributed by atoms with Crippen molar-refractivity contribution in [3.05, 3.63) is 64.5 Å². The fraction of sp³-hybridized carbons (Fsp3) is 0.364. The fourth-order valence-electron chi connectivity index (χ4n) is 3.81. The van der Waals surface area contributed by atoms with Crippen LogP contribution in [0.2, 0.25) is 5.02 Å². The van der Waals surface area contributed by atoms with Crippen molar-refractivity contribution in [1.29, 1.82) is 0 Å². The highest BCUT2D eigenvalue weighted by Crippen LogP contribution is 2.37. The lowest BCUT2D eigenvalue weighted by Crippen LogP contribution is -2.14. The van der Waals surface area contributed by atoms with Crippen molar-refractivity contribution in [3.8, 4) is 11.1 Å². The van der Waals surface area contributed by atoms with Crippen LogP contribution in [0.5, 0.6) is 0 Å². The Morgan fingerprint density at radius 2 is 2.04 bits per heavy atom. The van der Waals surface area contributed by atoms with Crippen LogP contribution in [0.25, 0.3) is 11.1 Å². The Bertz CT molecular complexity index is 944. The van der Waals surface area contributed by atoms with Crippen molar-refractivity contribution in [2.75, 3.05) is 0 Å². The van der Waals surface area contributed by atoms with Gasteiger partial charge in [-0.25, -0.2) is 4.98 Å². The minimum Gasteiger partial charge on any atom is -0.366 e. The normalized spacial score (nSPS) is 11.1. The highest BCUT2D eigenvalue weighted by molar-refractivity contribution is 6.33. The van der Waals surface area contributed by atoms with E-state index in [1.165, 1.54) is 0 Å². The van der Waals surface area contributed by atoms with Crippen LogP contribution in [0.1, 0.15) is 53.6 Å². The van der Waals surface area contributed by atoms with Gasteiger partial charge in [0.25, 0.3) is 5.91 Å². The number of halogens is 1. The lowest BCUT2D eigenvalue weighted by Gasteiger charge is -2.13. The first-order valence-corrected chi connectivity index (χ1v) is 10.2. The Kier molecular flexibility index (Phi) is 6.57. The third kappa shape index (κ3) is 4.14. The summed E-state index contributed by atoms with van der Waals surface area (Å²) in [5, 5.41) is 0.632. The molecule has 0 aliphatic heterocycles. The summed E-state index contributed by atoms with van der Waals surface area (Å²) >= 11 is 6.51. The maximum Gasteiger partial charge on any atom is 0.251 e. The molecule has 0 unspecified atom stereocenters. The number of nitrogens with one attached hydrogen (secondary N) is 1. The van der Waals surface area contributed by atoms with E-state index in [-0.39, 0.29) is 0 Å². The number of nitrogens with zero attached hydrogens (tertiary/aromatic N) is 2. The van der Waals surface area contributed by atoms with E-state index in [0.717, 1.165) is 66.9 Å². The number of nitrogens with two attached hydrogens (primary N) is 1. The van der Waals surface area contributed by atoms with Crippen LogP contribution in [0.15, 0.2) is 36.8 Å². The van der Waals surface area contributed by atoms with Gasteiger partial charge in [-0.1, -0.05) is 49.6 Å². The Labute approximate surface area is 170 Å². The standard InChI is InChI=1S/C22H27ClN4O/c1-3-4-5-10-19-21(17-8-6-7-9-18(17)23)20(22(24)28)15(2)27(19)12-11-16-13-25-14-26-16/h6-9,13-14H,3-5,10-12H2,1-2H3,(H2,24,28)(H,25,26). The van der Waals surface area contributed by atoms with E-state index in [1.54, 1.807) is 6.33 Å². The molecule has 2 aromatic heterocycles. The van der Waals surface area contributed by atoms with Crippen molar-refractivity contribution < 1.29 is 4.79 Å². The summed E-state index contributed by atoms with van der Waals surface area (Å²) in [6.45, 7) is 4.91. The molecule has 3 aromatic rings. The highest BCUT2D eigenvalue weighted by Gasteiger charge is 2.25. The van der Waals surface area contributed by atoms with Gasteiger partial charge < -0.3 is 15.3 Å². The summed E-state index contributed by atoms with van der Waals surface area (Å²) in [5.74, 6) is -0.413. The molecule has 28 heavy (non-hydrogen) atoms. The summed E-state index contributed by atoms with van der Waals surface area (Å²) in [6.07, 6.45) is 8.53.